The third-order valence-corrected chi connectivity index (χ3v) is 4.00. The highest BCUT2D eigenvalue weighted by Gasteiger charge is 2.23. The molecule has 3 rings (SSSR count). The number of ether oxygens (including phenoxy) is 2. The van der Waals surface area contributed by atoms with E-state index in [-0.39, 0.29) is 0 Å². The summed E-state index contributed by atoms with van der Waals surface area (Å²) in [7, 11) is 0. The zero-order valence-corrected chi connectivity index (χ0v) is 12.9. The molecule has 1 saturated heterocycles. The first kappa shape index (κ1) is 15.2. The van der Waals surface area contributed by atoms with Crippen LogP contribution in [0, 0.1) is 0 Å². The van der Waals surface area contributed by atoms with E-state index in [1.165, 1.54) is 11.1 Å². The van der Waals surface area contributed by atoms with Crippen LogP contribution in [0.25, 0.3) is 0 Å². The second kappa shape index (κ2) is 8.08. The van der Waals surface area contributed by atoms with Gasteiger partial charge in [0.1, 0.15) is 0 Å². The van der Waals surface area contributed by atoms with Crippen LogP contribution in [0.15, 0.2) is 60.7 Å². The minimum Gasteiger partial charge on any atom is -0.378 e. The summed E-state index contributed by atoms with van der Waals surface area (Å²) in [6.07, 6.45) is 0. The van der Waals surface area contributed by atoms with E-state index < -0.39 is 0 Å². The lowest BCUT2D eigenvalue weighted by molar-refractivity contribution is -0.0494. The molecule has 0 unspecified atom stereocenters. The van der Waals surface area contributed by atoms with Gasteiger partial charge in [-0.2, -0.15) is 0 Å². The number of rotatable bonds is 6. The molecule has 3 nitrogen and oxygen atoms in total. The Morgan fingerprint density at radius 3 is 2.36 bits per heavy atom. The second-order valence-electron chi connectivity index (χ2n) is 5.69. The van der Waals surface area contributed by atoms with Crippen molar-refractivity contribution in [2.24, 2.45) is 0 Å². The van der Waals surface area contributed by atoms with Crippen LogP contribution in [-0.2, 0) is 22.6 Å². The van der Waals surface area contributed by atoms with Crippen molar-refractivity contribution < 1.29 is 9.47 Å². The summed E-state index contributed by atoms with van der Waals surface area (Å²) in [5.74, 6) is 0. The van der Waals surface area contributed by atoms with E-state index >= 15 is 0 Å². The molecule has 0 amide bonds. The van der Waals surface area contributed by atoms with Crippen LogP contribution in [0.3, 0.4) is 0 Å². The van der Waals surface area contributed by atoms with Crippen molar-refractivity contribution >= 4 is 0 Å². The molecule has 1 fully saturated rings. The van der Waals surface area contributed by atoms with Gasteiger partial charge in [0.05, 0.1) is 32.5 Å². The topological polar surface area (TPSA) is 21.7 Å². The number of hydrogen-bond acceptors (Lipinski definition) is 3. The summed E-state index contributed by atoms with van der Waals surface area (Å²) >= 11 is 0. The number of benzene rings is 2. The van der Waals surface area contributed by atoms with Gasteiger partial charge >= 0.3 is 0 Å². The van der Waals surface area contributed by atoms with Gasteiger partial charge in [0, 0.05) is 13.1 Å². The average molecular weight is 297 g/mol. The van der Waals surface area contributed by atoms with E-state index in [2.05, 4.69) is 47.4 Å². The number of hydrogen-bond donors (Lipinski definition) is 0. The summed E-state index contributed by atoms with van der Waals surface area (Å²) in [6, 6.07) is 21.2. The van der Waals surface area contributed by atoms with Crippen molar-refractivity contribution in [3.63, 3.8) is 0 Å². The molecule has 116 valence electrons. The fourth-order valence-electron chi connectivity index (χ4n) is 2.76. The Morgan fingerprint density at radius 1 is 0.955 bits per heavy atom. The lowest BCUT2D eigenvalue weighted by atomic mass is 10.1. The molecule has 0 aliphatic carbocycles. The van der Waals surface area contributed by atoms with Gasteiger partial charge in [-0.15, -0.1) is 0 Å². The molecule has 1 aliphatic heterocycles. The predicted molar refractivity (Wildman–Crippen MR) is 87.6 cm³/mol. The largest absolute Gasteiger partial charge is 0.378 e. The van der Waals surface area contributed by atoms with Gasteiger partial charge in [-0.3, -0.25) is 4.90 Å². The molecule has 0 spiro atoms. The number of morpholine rings is 1. The van der Waals surface area contributed by atoms with Gasteiger partial charge in [-0.25, -0.2) is 0 Å². The Balaban J connectivity index is 1.51. The second-order valence-corrected chi connectivity index (χ2v) is 5.69. The molecule has 0 radical (unpaired) electrons. The molecule has 3 heteroatoms. The molecule has 0 saturated carbocycles. The van der Waals surface area contributed by atoms with Crippen LogP contribution in [-0.4, -0.2) is 37.3 Å². The molecule has 2 aromatic carbocycles. The number of nitrogens with zero attached hydrogens (tertiary/aromatic N) is 1. The molecule has 0 aromatic heterocycles. The standard InChI is InChI=1S/C19H23NO2/c1-3-7-17(8-4-1)13-20-11-12-21-15-19(20)16-22-14-18-9-5-2-6-10-18/h1-10,19H,11-16H2/t19-/m0/s1. The van der Waals surface area contributed by atoms with Crippen molar-refractivity contribution in [1.29, 1.82) is 0 Å². The Labute approximate surface area is 132 Å². The first-order valence-corrected chi connectivity index (χ1v) is 7.89. The highest BCUT2D eigenvalue weighted by atomic mass is 16.5. The van der Waals surface area contributed by atoms with Gasteiger partial charge in [0.15, 0.2) is 0 Å². The van der Waals surface area contributed by atoms with Crippen LogP contribution in [0.4, 0.5) is 0 Å². The van der Waals surface area contributed by atoms with Crippen LogP contribution in [0.2, 0.25) is 0 Å². The van der Waals surface area contributed by atoms with Crippen LogP contribution in [0.5, 0.6) is 0 Å². The molecule has 1 heterocycles. The maximum absolute atomic E-state index is 5.91. The van der Waals surface area contributed by atoms with E-state index in [1.54, 1.807) is 0 Å². The third-order valence-electron chi connectivity index (χ3n) is 4.00. The molecule has 1 aliphatic rings. The fourth-order valence-corrected chi connectivity index (χ4v) is 2.76. The molecule has 0 bridgehead atoms. The van der Waals surface area contributed by atoms with Crippen molar-refractivity contribution in [3.05, 3.63) is 71.8 Å². The molecule has 2 aromatic rings. The lowest BCUT2D eigenvalue weighted by Crippen LogP contribution is -2.47. The van der Waals surface area contributed by atoms with Crippen LogP contribution in [0.1, 0.15) is 11.1 Å². The Bertz CT molecular complexity index is 544. The van der Waals surface area contributed by atoms with Crippen molar-refractivity contribution in [1.82, 2.24) is 4.90 Å². The van der Waals surface area contributed by atoms with E-state index in [1.807, 2.05) is 18.2 Å². The summed E-state index contributed by atoms with van der Waals surface area (Å²) < 4.78 is 11.5. The Kier molecular flexibility index (Phi) is 5.59. The zero-order chi connectivity index (χ0) is 15.0. The van der Waals surface area contributed by atoms with E-state index in [0.717, 1.165) is 26.3 Å². The minimum absolute atomic E-state index is 0.331. The SMILES string of the molecule is c1ccc(COC[C@@H]2COCCN2Cc2ccccc2)cc1. The molecular weight excluding hydrogens is 274 g/mol. The normalized spacial score (nSPS) is 19.2. The van der Waals surface area contributed by atoms with Gasteiger partial charge < -0.3 is 9.47 Å². The predicted octanol–water partition coefficient (Wildman–Crippen LogP) is 3.10. The first-order valence-electron chi connectivity index (χ1n) is 7.89. The van der Waals surface area contributed by atoms with Crippen LogP contribution < -0.4 is 0 Å². The third kappa shape index (κ3) is 4.41. The summed E-state index contributed by atoms with van der Waals surface area (Å²) in [4.78, 5) is 2.46. The monoisotopic (exact) mass is 297 g/mol. The summed E-state index contributed by atoms with van der Waals surface area (Å²) in [5.41, 5.74) is 2.56. The lowest BCUT2D eigenvalue weighted by Gasteiger charge is -2.35. The molecule has 0 N–H and O–H groups in total. The summed E-state index contributed by atoms with van der Waals surface area (Å²) in [5, 5.41) is 0. The van der Waals surface area contributed by atoms with Gasteiger partial charge in [0.2, 0.25) is 0 Å². The average Bonchev–Trinajstić information content (AvgIpc) is 2.58. The van der Waals surface area contributed by atoms with Gasteiger partial charge in [-0.1, -0.05) is 60.7 Å². The highest BCUT2D eigenvalue weighted by molar-refractivity contribution is 5.15. The van der Waals surface area contributed by atoms with Crippen LogP contribution >= 0.6 is 0 Å². The quantitative estimate of drug-likeness (QED) is 0.818. The highest BCUT2D eigenvalue weighted by Crippen LogP contribution is 2.13. The molecular formula is C19H23NO2. The maximum Gasteiger partial charge on any atom is 0.0717 e. The summed E-state index contributed by atoms with van der Waals surface area (Å²) in [6.45, 7) is 4.86. The van der Waals surface area contributed by atoms with Gasteiger partial charge in [-0.05, 0) is 11.1 Å². The minimum atomic E-state index is 0.331. The van der Waals surface area contributed by atoms with Crippen molar-refractivity contribution in [2.45, 2.75) is 19.2 Å². The smallest absolute Gasteiger partial charge is 0.0717 e. The van der Waals surface area contributed by atoms with Crippen molar-refractivity contribution in [3.8, 4) is 0 Å². The van der Waals surface area contributed by atoms with E-state index in [0.29, 0.717) is 19.3 Å². The van der Waals surface area contributed by atoms with Crippen molar-refractivity contribution in [2.75, 3.05) is 26.4 Å². The first-order chi connectivity index (χ1) is 10.9. The van der Waals surface area contributed by atoms with E-state index in [9.17, 15) is 0 Å². The fraction of sp³-hybridized carbons (Fsp3) is 0.368. The van der Waals surface area contributed by atoms with E-state index in [4.69, 9.17) is 9.47 Å². The Morgan fingerprint density at radius 2 is 1.64 bits per heavy atom. The maximum atomic E-state index is 5.91. The molecule has 1 atom stereocenters. The Hall–Kier alpha value is -1.68. The molecule has 22 heavy (non-hydrogen) atoms. The van der Waals surface area contributed by atoms with Gasteiger partial charge in [0.25, 0.3) is 0 Å². The zero-order valence-electron chi connectivity index (χ0n) is 12.9.